The zero-order valence-corrected chi connectivity index (χ0v) is 15.6. The van der Waals surface area contributed by atoms with Gasteiger partial charge < -0.3 is 24.6 Å². The Morgan fingerprint density at radius 1 is 1.11 bits per heavy atom. The van der Waals surface area contributed by atoms with Crippen molar-refractivity contribution in [2.24, 2.45) is 0 Å². The average molecular weight is 381 g/mol. The van der Waals surface area contributed by atoms with Gasteiger partial charge in [0.1, 0.15) is 17.4 Å². The molecule has 27 heavy (non-hydrogen) atoms. The summed E-state index contributed by atoms with van der Waals surface area (Å²) in [6.45, 7) is 5.15. The number of amides is 1. The second kappa shape index (κ2) is 9.56. The minimum Gasteiger partial charge on any atom is -0.494 e. The number of nitrogens with one attached hydrogen (secondary N) is 1. The number of benzene rings is 1. The van der Waals surface area contributed by atoms with Crippen LogP contribution >= 0.6 is 0 Å². The zero-order valence-electron chi connectivity index (χ0n) is 15.6. The zero-order chi connectivity index (χ0) is 20.6. The average Bonchev–Trinajstić information content (AvgIpc) is 2.58. The first-order valence-electron chi connectivity index (χ1n) is 8.11. The SMILES string of the molecule is COC(=O)C(CCOc1ccc(C(=O)C(=O)O)cc1)NC(=O)OC(C)(C)C. The second-order valence-electron chi connectivity index (χ2n) is 6.52. The summed E-state index contributed by atoms with van der Waals surface area (Å²) >= 11 is 0. The molecule has 0 fully saturated rings. The number of alkyl carbamates (subject to hydrolysis) is 1. The van der Waals surface area contributed by atoms with Crippen LogP contribution in [0.1, 0.15) is 37.6 Å². The van der Waals surface area contributed by atoms with Crippen LogP contribution in [0.4, 0.5) is 4.79 Å². The Bertz CT molecular complexity index is 690. The number of hydrogen-bond acceptors (Lipinski definition) is 7. The monoisotopic (exact) mass is 381 g/mol. The molecule has 0 spiro atoms. The molecule has 1 aromatic rings. The first-order valence-corrected chi connectivity index (χ1v) is 8.11. The predicted octanol–water partition coefficient (Wildman–Crippen LogP) is 1.79. The standard InChI is InChI=1S/C18H23NO8/c1-18(2,3)27-17(24)19-13(16(23)25-4)9-10-26-12-7-5-11(6-8-12)14(20)15(21)22/h5-8,13H,9-10H2,1-4H3,(H,19,24)(H,21,22). The van der Waals surface area contributed by atoms with Crippen molar-refractivity contribution in [3.8, 4) is 5.75 Å². The van der Waals surface area contributed by atoms with Crippen LogP contribution in [0.3, 0.4) is 0 Å². The van der Waals surface area contributed by atoms with E-state index in [0.717, 1.165) is 0 Å². The van der Waals surface area contributed by atoms with E-state index in [4.69, 9.17) is 14.6 Å². The molecule has 9 heteroatoms. The first-order chi connectivity index (χ1) is 12.5. The minimum absolute atomic E-state index is 0.0221. The van der Waals surface area contributed by atoms with Crippen molar-refractivity contribution in [3.05, 3.63) is 29.8 Å². The lowest BCUT2D eigenvalue weighted by Gasteiger charge is -2.22. The van der Waals surface area contributed by atoms with Crippen LogP contribution in [0, 0.1) is 0 Å². The predicted molar refractivity (Wildman–Crippen MR) is 93.7 cm³/mol. The molecule has 0 aromatic heterocycles. The number of carbonyl (C=O) groups excluding carboxylic acids is 3. The van der Waals surface area contributed by atoms with Gasteiger partial charge in [0.15, 0.2) is 0 Å². The molecule has 2 N–H and O–H groups in total. The summed E-state index contributed by atoms with van der Waals surface area (Å²) in [5.41, 5.74) is -0.690. The topological polar surface area (TPSA) is 128 Å². The molecule has 0 saturated carbocycles. The third-order valence-corrected chi connectivity index (χ3v) is 3.16. The van der Waals surface area contributed by atoms with Gasteiger partial charge in [0.05, 0.1) is 13.7 Å². The van der Waals surface area contributed by atoms with Gasteiger partial charge in [0.2, 0.25) is 0 Å². The van der Waals surface area contributed by atoms with Crippen LogP contribution in [-0.2, 0) is 19.1 Å². The van der Waals surface area contributed by atoms with E-state index < -0.39 is 35.5 Å². The van der Waals surface area contributed by atoms with E-state index in [0.29, 0.717) is 5.75 Å². The summed E-state index contributed by atoms with van der Waals surface area (Å²) in [5, 5.41) is 11.1. The van der Waals surface area contributed by atoms with Gasteiger partial charge in [-0.15, -0.1) is 0 Å². The van der Waals surface area contributed by atoms with Crippen molar-refractivity contribution >= 4 is 23.8 Å². The molecule has 0 bridgehead atoms. The highest BCUT2D eigenvalue weighted by Crippen LogP contribution is 2.14. The van der Waals surface area contributed by atoms with Gasteiger partial charge in [-0.1, -0.05) is 0 Å². The molecule has 0 radical (unpaired) electrons. The smallest absolute Gasteiger partial charge is 0.408 e. The normalized spacial score (nSPS) is 11.9. The number of rotatable bonds is 8. The van der Waals surface area contributed by atoms with E-state index in [1.165, 1.54) is 31.4 Å². The summed E-state index contributed by atoms with van der Waals surface area (Å²) in [6, 6.07) is 4.55. The van der Waals surface area contributed by atoms with Crippen molar-refractivity contribution in [1.29, 1.82) is 0 Å². The van der Waals surface area contributed by atoms with Gasteiger partial charge in [-0.05, 0) is 45.0 Å². The number of carboxylic acids is 1. The van der Waals surface area contributed by atoms with Gasteiger partial charge in [-0.2, -0.15) is 0 Å². The van der Waals surface area contributed by atoms with Crippen molar-refractivity contribution in [2.75, 3.05) is 13.7 Å². The fourth-order valence-electron chi connectivity index (χ4n) is 1.96. The van der Waals surface area contributed by atoms with Crippen molar-refractivity contribution < 1.29 is 38.5 Å². The Kier molecular flexibility index (Phi) is 7.77. The molecule has 0 aliphatic carbocycles. The molecular weight excluding hydrogens is 358 g/mol. The van der Waals surface area contributed by atoms with E-state index in [1.807, 2.05) is 0 Å². The number of carbonyl (C=O) groups is 4. The Balaban J connectivity index is 2.61. The number of Topliss-reactive ketones (excluding diaryl/α,β-unsaturated/α-hetero) is 1. The van der Waals surface area contributed by atoms with Gasteiger partial charge in [-0.3, -0.25) is 4.79 Å². The first kappa shape index (κ1) is 21.9. The summed E-state index contributed by atoms with van der Waals surface area (Å²) in [4.78, 5) is 45.6. The number of esters is 1. The second-order valence-corrected chi connectivity index (χ2v) is 6.52. The van der Waals surface area contributed by atoms with Crippen LogP contribution in [0.15, 0.2) is 24.3 Å². The van der Waals surface area contributed by atoms with Crippen LogP contribution in [0.2, 0.25) is 0 Å². The minimum atomic E-state index is -1.54. The number of ether oxygens (including phenoxy) is 3. The molecule has 0 aliphatic heterocycles. The molecule has 1 atom stereocenters. The van der Waals surface area contributed by atoms with Gasteiger partial charge in [0.25, 0.3) is 5.78 Å². The lowest BCUT2D eigenvalue weighted by molar-refractivity contribution is -0.143. The van der Waals surface area contributed by atoms with Crippen molar-refractivity contribution in [1.82, 2.24) is 5.32 Å². The van der Waals surface area contributed by atoms with E-state index in [1.54, 1.807) is 20.8 Å². The lowest BCUT2D eigenvalue weighted by atomic mass is 10.1. The Morgan fingerprint density at radius 2 is 1.70 bits per heavy atom. The van der Waals surface area contributed by atoms with E-state index in [-0.39, 0.29) is 18.6 Å². The van der Waals surface area contributed by atoms with Gasteiger partial charge in [-0.25, -0.2) is 14.4 Å². The Morgan fingerprint density at radius 3 is 2.19 bits per heavy atom. The maximum atomic E-state index is 11.8. The maximum absolute atomic E-state index is 11.8. The molecule has 0 aliphatic rings. The number of aliphatic carboxylic acids is 1. The van der Waals surface area contributed by atoms with Crippen LogP contribution in [0.25, 0.3) is 0 Å². The van der Waals surface area contributed by atoms with E-state index in [2.05, 4.69) is 10.1 Å². The number of carboxylic acid groups (broad SMARTS) is 1. The Hall–Kier alpha value is -3.10. The highest BCUT2D eigenvalue weighted by Gasteiger charge is 2.25. The number of hydrogen-bond donors (Lipinski definition) is 2. The fraction of sp³-hybridized carbons (Fsp3) is 0.444. The summed E-state index contributed by atoms with van der Waals surface area (Å²) in [6.07, 6.45) is -0.642. The largest absolute Gasteiger partial charge is 0.494 e. The van der Waals surface area contributed by atoms with Crippen molar-refractivity contribution in [3.63, 3.8) is 0 Å². The van der Waals surface area contributed by atoms with Gasteiger partial charge >= 0.3 is 18.0 Å². The highest BCUT2D eigenvalue weighted by molar-refractivity contribution is 6.39. The molecule has 1 amide bonds. The molecule has 1 unspecified atom stereocenters. The number of methoxy groups -OCH3 is 1. The quantitative estimate of drug-likeness (QED) is 0.396. The summed E-state index contributed by atoms with van der Waals surface area (Å²) in [5.74, 6) is -2.84. The number of ketones is 1. The van der Waals surface area contributed by atoms with Crippen LogP contribution in [-0.4, -0.2) is 54.3 Å². The van der Waals surface area contributed by atoms with Crippen LogP contribution in [0.5, 0.6) is 5.75 Å². The Labute approximate surface area is 156 Å². The molecule has 0 saturated heterocycles. The molecule has 1 aromatic carbocycles. The van der Waals surface area contributed by atoms with E-state index in [9.17, 15) is 19.2 Å². The molecule has 9 nitrogen and oxygen atoms in total. The lowest BCUT2D eigenvalue weighted by Crippen LogP contribution is -2.44. The maximum Gasteiger partial charge on any atom is 0.408 e. The van der Waals surface area contributed by atoms with Crippen LogP contribution < -0.4 is 10.1 Å². The van der Waals surface area contributed by atoms with E-state index >= 15 is 0 Å². The molecule has 1 rings (SSSR count). The fourth-order valence-corrected chi connectivity index (χ4v) is 1.96. The third-order valence-electron chi connectivity index (χ3n) is 3.16. The third kappa shape index (κ3) is 7.76. The van der Waals surface area contributed by atoms with Crippen molar-refractivity contribution in [2.45, 2.75) is 38.8 Å². The highest BCUT2D eigenvalue weighted by atomic mass is 16.6. The molecule has 148 valence electrons. The van der Waals surface area contributed by atoms with Gasteiger partial charge in [0, 0.05) is 12.0 Å². The summed E-state index contributed by atoms with van der Waals surface area (Å²) in [7, 11) is 1.20. The molecule has 0 heterocycles. The molecular formula is C18H23NO8. The summed E-state index contributed by atoms with van der Waals surface area (Å²) < 4.78 is 15.2.